The smallest absolute Gasteiger partial charge is 0.259 e. The predicted molar refractivity (Wildman–Crippen MR) is 127 cm³/mol. The average molecular weight is 441 g/mol. The molecule has 0 unspecified atom stereocenters. The summed E-state index contributed by atoms with van der Waals surface area (Å²) in [6, 6.07) is 22.1. The summed E-state index contributed by atoms with van der Waals surface area (Å²) < 4.78 is 5.55. The number of nitrogens with one attached hydrogen (secondary N) is 1. The van der Waals surface area contributed by atoms with Gasteiger partial charge in [0.2, 0.25) is 5.91 Å². The maximum atomic E-state index is 11.7. The Kier molecular flexibility index (Phi) is 6.17. The molecule has 1 aromatic heterocycles. The fourth-order valence-corrected chi connectivity index (χ4v) is 3.25. The van der Waals surface area contributed by atoms with Crippen LogP contribution in [0, 0.1) is 0 Å². The second-order valence-corrected chi connectivity index (χ2v) is 7.61. The lowest BCUT2D eigenvalue weighted by Crippen LogP contribution is -2.27. The molecule has 33 heavy (non-hydrogen) atoms. The number of carbonyl (C=O) groups is 2. The van der Waals surface area contributed by atoms with Crippen LogP contribution in [0.5, 0.6) is 5.75 Å². The standard InChI is InChI=1S/C25H23N5O3/c1-30(2)22(31)15-33-19-13-9-16(10-14-19)23-20-5-3-4-6-21(20)25(29-28-23)27-18-11-7-17(8-12-18)24(26)32/h3-14H,15H2,1-2H3,(H2,26,32)(H,27,29). The number of likely N-dealkylation sites (N-methyl/N-ethyl adjacent to an activating group) is 1. The van der Waals surface area contributed by atoms with E-state index in [2.05, 4.69) is 15.5 Å². The number of hydrogen-bond donors (Lipinski definition) is 2. The number of hydrogen-bond acceptors (Lipinski definition) is 6. The molecule has 1 heterocycles. The summed E-state index contributed by atoms with van der Waals surface area (Å²) in [6.45, 7) is -0.0180. The number of amides is 2. The van der Waals surface area contributed by atoms with Crippen LogP contribution in [0.15, 0.2) is 72.8 Å². The summed E-state index contributed by atoms with van der Waals surface area (Å²) in [7, 11) is 3.38. The summed E-state index contributed by atoms with van der Waals surface area (Å²) in [5.41, 5.74) is 8.12. The van der Waals surface area contributed by atoms with Crippen LogP contribution in [0.3, 0.4) is 0 Å². The summed E-state index contributed by atoms with van der Waals surface area (Å²) in [5.74, 6) is 0.618. The van der Waals surface area contributed by atoms with Crippen LogP contribution in [0.4, 0.5) is 11.5 Å². The Morgan fingerprint density at radius 3 is 2.21 bits per heavy atom. The molecule has 0 bridgehead atoms. The molecule has 0 aliphatic carbocycles. The van der Waals surface area contributed by atoms with Crippen LogP contribution < -0.4 is 15.8 Å². The van der Waals surface area contributed by atoms with Crippen LogP contribution in [0.1, 0.15) is 10.4 Å². The van der Waals surface area contributed by atoms with Crippen molar-refractivity contribution in [3.05, 3.63) is 78.4 Å². The van der Waals surface area contributed by atoms with E-state index < -0.39 is 5.91 Å². The van der Waals surface area contributed by atoms with E-state index in [-0.39, 0.29) is 12.5 Å². The van der Waals surface area contributed by atoms with Gasteiger partial charge in [0.15, 0.2) is 12.4 Å². The van der Waals surface area contributed by atoms with Crippen LogP contribution >= 0.6 is 0 Å². The molecular formula is C25H23N5O3. The summed E-state index contributed by atoms with van der Waals surface area (Å²) in [4.78, 5) is 24.5. The van der Waals surface area contributed by atoms with Crippen molar-refractivity contribution in [1.29, 1.82) is 0 Å². The highest BCUT2D eigenvalue weighted by Gasteiger charge is 2.12. The first-order valence-electron chi connectivity index (χ1n) is 10.3. The van der Waals surface area contributed by atoms with E-state index in [0.717, 1.165) is 27.7 Å². The molecule has 0 atom stereocenters. The molecule has 3 aromatic carbocycles. The molecule has 0 fully saturated rings. The topological polar surface area (TPSA) is 110 Å². The number of nitrogens with zero attached hydrogens (tertiary/aromatic N) is 3. The van der Waals surface area contributed by atoms with E-state index in [4.69, 9.17) is 10.5 Å². The predicted octanol–water partition coefficient (Wildman–Crippen LogP) is 3.61. The van der Waals surface area contributed by atoms with Gasteiger partial charge in [-0.05, 0) is 48.5 Å². The van der Waals surface area contributed by atoms with E-state index in [1.807, 2.05) is 36.4 Å². The van der Waals surface area contributed by atoms with Crippen LogP contribution in [0.2, 0.25) is 0 Å². The van der Waals surface area contributed by atoms with Gasteiger partial charge >= 0.3 is 0 Å². The molecule has 0 saturated carbocycles. The SMILES string of the molecule is CN(C)C(=O)COc1ccc(-c2nnc(Nc3ccc(C(N)=O)cc3)c3ccccc23)cc1. The fourth-order valence-electron chi connectivity index (χ4n) is 3.25. The third-order valence-electron chi connectivity index (χ3n) is 5.11. The van der Waals surface area contributed by atoms with Crippen LogP contribution in [0.25, 0.3) is 22.0 Å². The highest BCUT2D eigenvalue weighted by atomic mass is 16.5. The van der Waals surface area contributed by atoms with E-state index in [0.29, 0.717) is 17.1 Å². The lowest BCUT2D eigenvalue weighted by atomic mass is 10.0. The molecule has 0 saturated heterocycles. The Labute approximate surface area is 191 Å². The van der Waals surface area contributed by atoms with E-state index in [1.54, 1.807) is 50.5 Å². The Bertz CT molecular complexity index is 1300. The first-order chi connectivity index (χ1) is 15.9. The zero-order chi connectivity index (χ0) is 23.4. The van der Waals surface area contributed by atoms with Crippen molar-refractivity contribution < 1.29 is 14.3 Å². The molecule has 0 aliphatic rings. The monoisotopic (exact) mass is 441 g/mol. The van der Waals surface area contributed by atoms with Gasteiger partial charge in [-0.25, -0.2) is 0 Å². The van der Waals surface area contributed by atoms with E-state index >= 15 is 0 Å². The van der Waals surface area contributed by atoms with Crippen molar-refractivity contribution in [2.75, 3.05) is 26.0 Å². The van der Waals surface area contributed by atoms with Crippen molar-refractivity contribution in [2.24, 2.45) is 5.73 Å². The molecule has 4 aromatic rings. The van der Waals surface area contributed by atoms with Gasteiger partial charge in [-0.15, -0.1) is 10.2 Å². The quantitative estimate of drug-likeness (QED) is 0.453. The largest absolute Gasteiger partial charge is 0.484 e. The number of primary amides is 1. The van der Waals surface area contributed by atoms with Gasteiger partial charge in [0.05, 0.1) is 0 Å². The number of anilines is 2. The second kappa shape index (κ2) is 9.35. The number of ether oxygens (including phenoxy) is 1. The molecule has 8 nitrogen and oxygen atoms in total. The molecule has 166 valence electrons. The summed E-state index contributed by atoms with van der Waals surface area (Å²) in [6.07, 6.45) is 0. The normalized spacial score (nSPS) is 10.6. The van der Waals surface area contributed by atoms with Crippen molar-refractivity contribution in [3.63, 3.8) is 0 Å². The molecule has 2 amide bonds. The van der Waals surface area contributed by atoms with Crippen molar-refractivity contribution >= 4 is 34.1 Å². The molecular weight excluding hydrogens is 418 g/mol. The van der Waals surface area contributed by atoms with Gasteiger partial charge in [0, 0.05) is 41.7 Å². The minimum atomic E-state index is -0.475. The third-order valence-corrected chi connectivity index (χ3v) is 5.11. The number of fused-ring (bicyclic) bond motifs is 1. The summed E-state index contributed by atoms with van der Waals surface area (Å²) >= 11 is 0. The van der Waals surface area contributed by atoms with E-state index in [1.165, 1.54) is 4.90 Å². The van der Waals surface area contributed by atoms with Gasteiger partial charge in [-0.3, -0.25) is 9.59 Å². The zero-order valence-corrected chi connectivity index (χ0v) is 18.3. The minimum absolute atomic E-state index is 0.0180. The molecule has 4 rings (SSSR count). The second-order valence-electron chi connectivity index (χ2n) is 7.61. The third kappa shape index (κ3) is 4.90. The maximum absolute atomic E-state index is 11.7. The van der Waals surface area contributed by atoms with E-state index in [9.17, 15) is 9.59 Å². The Morgan fingerprint density at radius 2 is 1.58 bits per heavy atom. The molecule has 0 spiro atoms. The maximum Gasteiger partial charge on any atom is 0.259 e. The fraction of sp³-hybridized carbons (Fsp3) is 0.120. The Morgan fingerprint density at radius 1 is 0.909 bits per heavy atom. The van der Waals surface area contributed by atoms with Gasteiger partial charge in [-0.1, -0.05) is 24.3 Å². The highest BCUT2D eigenvalue weighted by molar-refractivity contribution is 6.01. The van der Waals surface area contributed by atoms with Gasteiger partial charge in [0.1, 0.15) is 11.4 Å². The van der Waals surface area contributed by atoms with Gasteiger partial charge in [0.25, 0.3) is 5.91 Å². The molecule has 8 heteroatoms. The highest BCUT2D eigenvalue weighted by Crippen LogP contribution is 2.31. The number of aromatic nitrogens is 2. The van der Waals surface area contributed by atoms with Crippen LogP contribution in [-0.4, -0.2) is 47.6 Å². The Hall–Kier alpha value is -4.46. The zero-order valence-electron chi connectivity index (χ0n) is 18.3. The average Bonchev–Trinajstić information content (AvgIpc) is 2.83. The lowest BCUT2D eigenvalue weighted by molar-refractivity contribution is -0.130. The van der Waals surface area contributed by atoms with Crippen LogP contribution in [-0.2, 0) is 4.79 Å². The number of rotatable bonds is 7. The first kappa shape index (κ1) is 21.8. The molecule has 3 N–H and O–H groups in total. The minimum Gasteiger partial charge on any atom is -0.484 e. The van der Waals surface area contributed by atoms with Crippen molar-refractivity contribution in [3.8, 4) is 17.0 Å². The molecule has 0 aliphatic heterocycles. The Balaban J connectivity index is 1.60. The first-order valence-corrected chi connectivity index (χ1v) is 10.3. The van der Waals surface area contributed by atoms with Gasteiger partial charge < -0.3 is 20.7 Å². The number of carbonyl (C=O) groups excluding carboxylic acids is 2. The van der Waals surface area contributed by atoms with Gasteiger partial charge in [-0.2, -0.15) is 0 Å². The summed E-state index contributed by atoms with van der Waals surface area (Å²) in [5, 5.41) is 13.9. The molecule has 0 radical (unpaired) electrons. The van der Waals surface area contributed by atoms with Crippen molar-refractivity contribution in [1.82, 2.24) is 15.1 Å². The lowest BCUT2D eigenvalue weighted by Gasteiger charge is -2.13. The van der Waals surface area contributed by atoms with Crippen molar-refractivity contribution in [2.45, 2.75) is 0 Å². The number of nitrogens with two attached hydrogens (primary N) is 1. The number of benzene rings is 3.